The lowest BCUT2D eigenvalue weighted by Gasteiger charge is -2.42. The fourth-order valence-corrected chi connectivity index (χ4v) is 11.6. The zero-order valence-corrected chi connectivity index (χ0v) is 48.1. The zero-order valence-electron chi connectivity index (χ0n) is 48.1. The van der Waals surface area contributed by atoms with Crippen molar-refractivity contribution in [2.75, 3.05) is 76.5 Å². The summed E-state index contributed by atoms with van der Waals surface area (Å²) in [5.74, 6) is 6.02. The van der Waals surface area contributed by atoms with Crippen molar-refractivity contribution in [1.82, 2.24) is 0 Å². The first-order valence-corrected chi connectivity index (χ1v) is 27.6. The monoisotopic (exact) mass is 1110 g/mol. The van der Waals surface area contributed by atoms with E-state index >= 15 is 0 Å². The standard InChI is InChI=1S/C72H64N4O8/c1-77-55-25-9-47(10-26-55)73(48-11-27-56(78-2)28-12-48)67-45-68(74(49-13-29-57(79-3)30-14-49)50-15-31-58(80-4)32-16-50)64-43-44-66-70(76(53-21-37-61(83-7)38-22-53)54-23-39-62(84-8)40-24-54)46-69(65-42-41-63(67)71(64)72(65)66)75(51-17-33-59(81-5)34-18-51)52-19-35-60(82-6)36-20-52/h9-46,67,69H,1-8H3. The number of hydrogen-bond donors (Lipinski definition) is 0. The van der Waals surface area contributed by atoms with E-state index < -0.39 is 12.1 Å². The maximum absolute atomic E-state index is 5.77. The van der Waals surface area contributed by atoms with E-state index in [1.54, 1.807) is 56.9 Å². The van der Waals surface area contributed by atoms with Crippen LogP contribution >= 0.6 is 0 Å². The van der Waals surface area contributed by atoms with Crippen molar-refractivity contribution in [1.29, 1.82) is 0 Å². The Morgan fingerprint density at radius 3 is 0.607 bits per heavy atom. The van der Waals surface area contributed by atoms with Crippen molar-refractivity contribution in [3.63, 3.8) is 0 Å². The lowest BCUT2D eigenvalue weighted by Crippen LogP contribution is -2.30. The van der Waals surface area contributed by atoms with Crippen LogP contribution < -0.4 is 57.5 Å². The molecular weight excluding hydrogens is 1050 g/mol. The van der Waals surface area contributed by atoms with Gasteiger partial charge in [0, 0.05) is 56.6 Å². The third kappa shape index (κ3) is 10.1. The van der Waals surface area contributed by atoms with Gasteiger partial charge in [0.2, 0.25) is 0 Å². The van der Waals surface area contributed by atoms with Gasteiger partial charge in [-0.15, -0.1) is 0 Å². The molecule has 420 valence electrons. The predicted molar refractivity (Wildman–Crippen MR) is 338 cm³/mol. The SMILES string of the molecule is COc1ccc(N(C2=CC(N(c3ccc(OC)cc3)c3ccc(OC)cc3)c3ccc4c5c(ccc2c35)C(N(c2ccc(OC)cc2)c2ccc(OC)cc2)=CC4N(c2ccc(OC)cc2)c2ccc(OC)cc2)c2ccc(OC)cc2)cc1. The minimum Gasteiger partial charge on any atom is -0.497 e. The van der Waals surface area contributed by atoms with Crippen LogP contribution in [0.15, 0.2) is 231 Å². The van der Waals surface area contributed by atoms with Crippen LogP contribution in [0.4, 0.5) is 45.5 Å². The summed E-state index contributed by atoms with van der Waals surface area (Å²) in [6.45, 7) is 0. The molecule has 0 fully saturated rings. The van der Waals surface area contributed by atoms with Crippen LogP contribution in [0.25, 0.3) is 22.2 Å². The average Bonchev–Trinajstić information content (AvgIpc) is 0.918. The number of methoxy groups -OCH3 is 8. The molecule has 0 saturated heterocycles. The summed E-state index contributed by atoms with van der Waals surface area (Å²) in [5.41, 5.74) is 13.8. The maximum Gasteiger partial charge on any atom is 0.119 e. The first kappa shape index (κ1) is 54.1. The average molecular weight is 1110 g/mol. The smallest absolute Gasteiger partial charge is 0.119 e. The molecule has 0 N–H and O–H groups in total. The number of ether oxygens (including phenoxy) is 8. The van der Waals surface area contributed by atoms with E-state index in [2.05, 4.69) is 153 Å². The highest BCUT2D eigenvalue weighted by atomic mass is 16.5. The van der Waals surface area contributed by atoms with Crippen LogP contribution in [0.2, 0.25) is 0 Å². The third-order valence-electron chi connectivity index (χ3n) is 15.8. The molecule has 0 aromatic heterocycles. The van der Waals surface area contributed by atoms with Crippen LogP contribution in [0, 0.1) is 0 Å². The predicted octanol–water partition coefficient (Wildman–Crippen LogP) is 17.1. The van der Waals surface area contributed by atoms with Crippen molar-refractivity contribution in [2.45, 2.75) is 12.1 Å². The molecule has 2 aliphatic carbocycles. The molecule has 2 aliphatic rings. The van der Waals surface area contributed by atoms with Gasteiger partial charge in [0.25, 0.3) is 0 Å². The van der Waals surface area contributed by atoms with Gasteiger partial charge in [-0.05, 0) is 228 Å². The Balaban J connectivity index is 1.21. The Labute approximate surface area is 490 Å². The summed E-state index contributed by atoms with van der Waals surface area (Å²) in [7, 11) is 13.6. The number of anilines is 8. The molecule has 0 heterocycles. The molecule has 12 nitrogen and oxygen atoms in total. The highest BCUT2D eigenvalue weighted by molar-refractivity contribution is 6.12. The van der Waals surface area contributed by atoms with Gasteiger partial charge in [0.15, 0.2) is 0 Å². The Hall–Kier alpha value is -10.5. The number of hydrogen-bond acceptors (Lipinski definition) is 12. The minimum absolute atomic E-state index is 0.413. The Morgan fingerprint density at radius 1 is 0.226 bits per heavy atom. The van der Waals surface area contributed by atoms with E-state index in [1.807, 2.05) is 97.1 Å². The third-order valence-corrected chi connectivity index (χ3v) is 15.8. The summed E-state index contributed by atoms with van der Waals surface area (Å²) in [6.07, 6.45) is 4.81. The zero-order chi connectivity index (χ0) is 57.8. The largest absolute Gasteiger partial charge is 0.497 e. The number of benzene rings is 10. The molecule has 2 unspecified atom stereocenters. The Morgan fingerprint density at radius 2 is 0.417 bits per heavy atom. The fraction of sp³-hybridized carbons (Fsp3) is 0.139. The van der Waals surface area contributed by atoms with E-state index in [1.165, 1.54) is 0 Å². The van der Waals surface area contributed by atoms with Crippen molar-refractivity contribution < 1.29 is 37.9 Å². The van der Waals surface area contributed by atoms with Gasteiger partial charge in [-0.3, -0.25) is 0 Å². The summed E-state index contributed by atoms with van der Waals surface area (Å²) in [6, 6.07) is 74.6. The highest BCUT2D eigenvalue weighted by Crippen LogP contribution is 2.55. The normalized spacial score (nSPS) is 13.9. The van der Waals surface area contributed by atoms with E-state index in [-0.39, 0.29) is 0 Å². The second-order valence-corrected chi connectivity index (χ2v) is 20.1. The lowest BCUT2D eigenvalue weighted by atomic mass is 9.78. The van der Waals surface area contributed by atoms with Crippen LogP contribution in [0.3, 0.4) is 0 Å². The molecule has 0 radical (unpaired) electrons. The molecule has 0 spiro atoms. The quantitative estimate of drug-likeness (QED) is 0.0728. The van der Waals surface area contributed by atoms with Crippen molar-refractivity contribution in [2.24, 2.45) is 0 Å². The molecule has 0 bridgehead atoms. The Bertz CT molecular complexity index is 3530. The van der Waals surface area contributed by atoms with Gasteiger partial charge in [0.1, 0.15) is 46.0 Å². The summed E-state index contributed by atoms with van der Waals surface area (Å²) >= 11 is 0. The molecule has 84 heavy (non-hydrogen) atoms. The van der Waals surface area contributed by atoms with Gasteiger partial charge >= 0.3 is 0 Å². The number of rotatable bonds is 20. The molecule has 0 amide bonds. The topological polar surface area (TPSA) is 86.8 Å². The maximum atomic E-state index is 5.77. The molecule has 12 heteroatoms. The van der Waals surface area contributed by atoms with Gasteiger partial charge in [0.05, 0.1) is 80.4 Å². The molecule has 10 aromatic rings. The van der Waals surface area contributed by atoms with Gasteiger partial charge in [-0.25, -0.2) is 0 Å². The second-order valence-electron chi connectivity index (χ2n) is 20.1. The summed E-state index contributed by atoms with van der Waals surface area (Å²) < 4.78 is 46.2. The van der Waals surface area contributed by atoms with Crippen LogP contribution in [0.1, 0.15) is 34.3 Å². The van der Waals surface area contributed by atoms with Crippen molar-refractivity contribution in [3.05, 3.63) is 253 Å². The lowest BCUT2D eigenvalue weighted by molar-refractivity contribution is 0.414. The van der Waals surface area contributed by atoms with Crippen molar-refractivity contribution in [3.8, 4) is 46.0 Å². The van der Waals surface area contributed by atoms with Crippen LogP contribution in [-0.2, 0) is 0 Å². The van der Waals surface area contributed by atoms with Gasteiger partial charge < -0.3 is 57.5 Å². The highest BCUT2D eigenvalue weighted by Gasteiger charge is 2.38. The van der Waals surface area contributed by atoms with Crippen LogP contribution in [0.5, 0.6) is 46.0 Å². The molecular formula is C72H64N4O8. The summed E-state index contributed by atoms with van der Waals surface area (Å²) in [5, 5.41) is 2.19. The van der Waals surface area contributed by atoms with Crippen LogP contribution in [-0.4, -0.2) is 56.9 Å². The van der Waals surface area contributed by atoms with Gasteiger partial charge in [-0.1, -0.05) is 24.3 Å². The van der Waals surface area contributed by atoms with E-state index in [9.17, 15) is 0 Å². The minimum atomic E-state index is -0.413. The first-order valence-electron chi connectivity index (χ1n) is 27.6. The van der Waals surface area contributed by atoms with Crippen molar-refractivity contribution >= 4 is 67.7 Å². The van der Waals surface area contributed by atoms with E-state index in [0.29, 0.717) is 0 Å². The van der Waals surface area contributed by atoms with E-state index in [4.69, 9.17) is 37.9 Å². The summed E-state index contributed by atoms with van der Waals surface area (Å²) in [4.78, 5) is 9.51. The molecule has 0 saturated carbocycles. The Kier molecular flexibility index (Phi) is 15.2. The molecule has 10 aromatic carbocycles. The molecule has 12 rings (SSSR count). The van der Waals surface area contributed by atoms with E-state index in [0.717, 1.165) is 136 Å². The molecule has 0 aliphatic heterocycles. The second kappa shape index (κ2) is 23.6. The first-order chi connectivity index (χ1) is 41.3. The fourth-order valence-electron chi connectivity index (χ4n) is 11.6. The number of nitrogens with zero attached hydrogens (tertiary/aromatic N) is 4. The molecule has 2 atom stereocenters. The van der Waals surface area contributed by atoms with Gasteiger partial charge in [-0.2, -0.15) is 0 Å².